The molecular formula is C23H23NO7S. The van der Waals surface area contributed by atoms with Crippen LogP contribution in [0.2, 0.25) is 0 Å². The third kappa shape index (κ3) is 3.73. The molecule has 2 atom stereocenters. The van der Waals surface area contributed by atoms with Crippen LogP contribution in [0.25, 0.3) is 0 Å². The van der Waals surface area contributed by atoms with Crippen molar-refractivity contribution in [3.63, 3.8) is 0 Å². The summed E-state index contributed by atoms with van der Waals surface area (Å²) in [4.78, 5) is 26.1. The molecule has 0 spiro atoms. The second-order valence-corrected chi connectivity index (χ2v) is 10.3. The van der Waals surface area contributed by atoms with Crippen molar-refractivity contribution in [2.75, 3.05) is 0 Å². The van der Waals surface area contributed by atoms with Gasteiger partial charge in [-0.25, -0.2) is 17.5 Å². The maximum Gasteiger partial charge on any atom is 0.338 e. The molecule has 8 nitrogen and oxygen atoms in total. The van der Waals surface area contributed by atoms with Crippen molar-refractivity contribution in [3.8, 4) is 0 Å². The minimum atomic E-state index is -4.33. The van der Waals surface area contributed by atoms with Crippen LogP contribution in [0.15, 0.2) is 65.6 Å². The number of carbonyl (C=O) groups is 2. The van der Waals surface area contributed by atoms with E-state index in [2.05, 4.69) is 0 Å². The Balaban J connectivity index is 1.78. The number of Topliss-reactive ketones (excluding diaryl/α,β-unsaturated/α-hetero) is 1. The quantitative estimate of drug-likeness (QED) is 0.514. The first-order valence-electron chi connectivity index (χ1n) is 9.99. The van der Waals surface area contributed by atoms with Crippen molar-refractivity contribution < 1.29 is 32.2 Å². The zero-order valence-electron chi connectivity index (χ0n) is 18.1. The molecule has 2 aromatic rings. The second-order valence-electron chi connectivity index (χ2n) is 8.50. The summed E-state index contributed by atoms with van der Waals surface area (Å²) in [7, 11) is -4.33. The van der Waals surface area contributed by atoms with Crippen molar-refractivity contribution in [2.24, 2.45) is 0 Å². The molecule has 0 N–H and O–H groups in total. The Morgan fingerprint density at radius 1 is 1.06 bits per heavy atom. The molecule has 2 heterocycles. The summed E-state index contributed by atoms with van der Waals surface area (Å²) in [6.45, 7) is 6.76. The van der Waals surface area contributed by atoms with Gasteiger partial charge in [0.05, 0.1) is 4.90 Å². The molecule has 168 valence electrons. The fourth-order valence-corrected chi connectivity index (χ4v) is 5.27. The Hall–Kier alpha value is -3.33. The summed E-state index contributed by atoms with van der Waals surface area (Å²) in [6, 6.07) is 11.3. The first kappa shape index (κ1) is 21.9. The molecule has 0 bridgehead atoms. The van der Waals surface area contributed by atoms with E-state index in [0.717, 1.165) is 11.8 Å². The number of aryl methyl sites for hydroxylation is 1. The van der Waals surface area contributed by atoms with E-state index in [4.69, 9.17) is 14.2 Å². The zero-order chi connectivity index (χ0) is 23.3. The number of ether oxygens (including phenoxy) is 3. The number of ketones is 1. The van der Waals surface area contributed by atoms with Gasteiger partial charge >= 0.3 is 5.97 Å². The number of rotatable bonds is 3. The minimum absolute atomic E-state index is 0.0745. The number of benzene rings is 2. The lowest BCUT2D eigenvalue weighted by Gasteiger charge is -2.35. The van der Waals surface area contributed by atoms with E-state index in [9.17, 15) is 18.0 Å². The van der Waals surface area contributed by atoms with Crippen LogP contribution in [0.3, 0.4) is 0 Å². The van der Waals surface area contributed by atoms with Gasteiger partial charge in [-0.05, 0) is 45.4 Å². The first-order chi connectivity index (χ1) is 15.0. The highest BCUT2D eigenvalue weighted by Gasteiger charge is 2.52. The van der Waals surface area contributed by atoms with Crippen molar-refractivity contribution >= 4 is 21.8 Å². The number of nitrogens with zero attached hydrogens (tertiary/aromatic N) is 1. The standard InChI is InChI=1S/C23H23NO7S/c1-14-9-5-6-10-15(14)22-29-13-18(30-22)24-19(21(26)31-23(2,3)4)20(25)16-11-7-8-12-17(16)32(24,27)28/h5-13,19,22H,1-4H3. The minimum Gasteiger partial charge on any atom is -0.458 e. The number of fused-ring (bicyclic) bond motifs is 1. The predicted octanol–water partition coefficient (Wildman–Crippen LogP) is 3.44. The highest BCUT2D eigenvalue weighted by Crippen LogP contribution is 2.39. The van der Waals surface area contributed by atoms with E-state index in [-0.39, 0.29) is 16.3 Å². The number of hydrogen-bond acceptors (Lipinski definition) is 7. The van der Waals surface area contributed by atoms with Crippen molar-refractivity contribution in [1.82, 2.24) is 4.31 Å². The fourth-order valence-electron chi connectivity index (χ4n) is 3.58. The molecule has 32 heavy (non-hydrogen) atoms. The molecular weight excluding hydrogens is 434 g/mol. The van der Waals surface area contributed by atoms with Crippen LogP contribution < -0.4 is 0 Å². The van der Waals surface area contributed by atoms with Gasteiger partial charge in [0.15, 0.2) is 5.78 Å². The summed E-state index contributed by atoms with van der Waals surface area (Å²) in [5.74, 6) is -1.96. The maximum atomic E-state index is 13.5. The lowest BCUT2D eigenvalue weighted by atomic mass is 10.0. The molecule has 0 aromatic heterocycles. The van der Waals surface area contributed by atoms with Crippen LogP contribution in [0.4, 0.5) is 0 Å². The summed E-state index contributed by atoms with van der Waals surface area (Å²) >= 11 is 0. The zero-order valence-corrected chi connectivity index (χ0v) is 18.9. The highest BCUT2D eigenvalue weighted by molar-refractivity contribution is 7.89. The van der Waals surface area contributed by atoms with Gasteiger partial charge in [0.2, 0.25) is 11.9 Å². The number of carbonyl (C=O) groups excluding carboxylic acids is 2. The summed E-state index contributed by atoms with van der Waals surface area (Å²) in [5.41, 5.74) is 0.552. The molecule has 0 saturated carbocycles. The SMILES string of the molecule is Cc1ccccc1C1OC=C(N2C(C(=O)OC(C)(C)C)C(=O)c3ccccc3S2(=O)=O)O1. The molecule has 9 heteroatoms. The van der Waals surface area contributed by atoms with Crippen LogP contribution in [-0.4, -0.2) is 36.1 Å². The third-order valence-electron chi connectivity index (χ3n) is 4.98. The highest BCUT2D eigenvalue weighted by atomic mass is 32.2. The Kier molecular flexibility index (Phi) is 5.24. The molecule has 2 aliphatic heterocycles. The van der Waals surface area contributed by atoms with E-state index in [0.29, 0.717) is 9.87 Å². The van der Waals surface area contributed by atoms with Crippen molar-refractivity contribution in [1.29, 1.82) is 0 Å². The lowest BCUT2D eigenvalue weighted by Crippen LogP contribution is -2.54. The summed E-state index contributed by atoms with van der Waals surface area (Å²) in [6.07, 6.45) is 0.181. The van der Waals surface area contributed by atoms with Crippen LogP contribution >= 0.6 is 0 Å². The third-order valence-corrected chi connectivity index (χ3v) is 6.80. The monoisotopic (exact) mass is 457 g/mol. The smallest absolute Gasteiger partial charge is 0.338 e. The number of esters is 1. The second kappa shape index (κ2) is 7.67. The van der Waals surface area contributed by atoms with E-state index in [1.807, 2.05) is 19.1 Å². The van der Waals surface area contributed by atoms with Gasteiger partial charge in [-0.15, -0.1) is 0 Å². The molecule has 2 aliphatic rings. The van der Waals surface area contributed by atoms with E-state index in [1.165, 1.54) is 24.3 Å². The van der Waals surface area contributed by atoms with Gasteiger partial charge in [0.1, 0.15) is 11.9 Å². The molecule has 2 aromatic carbocycles. The Morgan fingerprint density at radius 2 is 1.72 bits per heavy atom. The van der Waals surface area contributed by atoms with Gasteiger partial charge in [0.25, 0.3) is 16.3 Å². The van der Waals surface area contributed by atoms with E-state index in [1.54, 1.807) is 32.9 Å². The first-order valence-corrected chi connectivity index (χ1v) is 11.4. The Bertz CT molecular complexity index is 1230. The average Bonchev–Trinajstić information content (AvgIpc) is 3.18. The van der Waals surface area contributed by atoms with Gasteiger partial charge in [-0.3, -0.25) is 4.79 Å². The fraction of sp³-hybridized carbons (Fsp3) is 0.304. The average molecular weight is 458 g/mol. The Morgan fingerprint density at radius 3 is 2.41 bits per heavy atom. The Labute approximate surface area is 186 Å². The molecule has 0 saturated heterocycles. The molecule has 0 amide bonds. The van der Waals surface area contributed by atoms with E-state index >= 15 is 0 Å². The summed E-state index contributed by atoms with van der Waals surface area (Å²) in [5, 5.41) is 0. The topological polar surface area (TPSA) is 99.2 Å². The van der Waals surface area contributed by atoms with E-state index < -0.39 is 39.7 Å². The number of hydrogen-bond donors (Lipinski definition) is 0. The van der Waals surface area contributed by atoms with Crippen molar-refractivity contribution in [2.45, 2.75) is 50.5 Å². The molecule has 4 rings (SSSR count). The van der Waals surface area contributed by atoms with Gasteiger partial charge in [-0.1, -0.05) is 36.4 Å². The molecule has 0 fully saturated rings. The lowest BCUT2D eigenvalue weighted by molar-refractivity contribution is -0.158. The largest absolute Gasteiger partial charge is 0.458 e. The van der Waals surface area contributed by atoms with Crippen LogP contribution in [0, 0.1) is 6.92 Å². The summed E-state index contributed by atoms with van der Waals surface area (Å²) < 4.78 is 44.5. The van der Waals surface area contributed by atoms with Crippen LogP contribution in [0.5, 0.6) is 0 Å². The normalized spacial score (nSPS) is 21.8. The molecule has 0 radical (unpaired) electrons. The maximum absolute atomic E-state index is 13.5. The van der Waals surface area contributed by atoms with Gasteiger partial charge < -0.3 is 14.2 Å². The molecule has 2 unspecified atom stereocenters. The number of sulfonamides is 1. The molecule has 0 aliphatic carbocycles. The van der Waals surface area contributed by atoms with Gasteiger partial charge in [-0.2, -0.15) is 0 Å². The predicted molar refractivity (Wildman–Crippen MR) is 114 cm³/mol. The van der Waals surface area contributed by atoms with Crippen molar-refractivity contribution in [3.05, 3.63) is 77.4 Å². The van der Waals surface area contributed by atoms with Gasteiger partial charge in [0, 0.05) is 11.1 Å². The van der Waals surface area contributed by atoms with Crippen LogP contribution in [-0.2, 0) is 29.0 Å². The van der Waals surface area contributed by atoms with Crippen LogP contribution in [0.1, 0.15) is 48.5 Å².